The fourth-order valence-electron chi connectivity index (χ4n) is 3.29. The van der Waals surface area contributed by atoms with Gasteiger partial charge in [0, 0.05) is 11.5 Å². The predicted molar refractivity (Wildman–Crippen MR) is 113 cm³/mol. The summed E-state index contributed by atoms with van der Waals surface area (Å²) in [5, 5.41) is 7.14. The SMILES string of the molecule is COC(=O)c1ccccc1NC(=O)Cn1c(=O)cc(-c2nc(C)no2)c2ccccc21. The van der Waals surface area contributed by atoms with E-state index in [-0.39, 0.29) is 18.0 Å². The Morgan fingerprint density at radius 1 is 1.13 bits per heavy atom. The summed E-state index contributed by atoms with van der Waals surface area (Å²) >= 11 is 0. The van der Waals surface area contributed by atoms with Crippen molar-refractivity contribution in [3.8, 4) is 11.5 Å². The van der Waals surface area contributed by atoms with Crippen LogP contribution in [-0.4, -0.2) is 33.7 Å². The first-order valence-electron chi connectivity index (χ1n) is 9.38. The van der Waals surface area contributed by atoms with E-state index in [0.717, 1.165) is 0 Å². The van der Waals surface area contributed by atoms with Crippen LogP contribution in [0.5, 0.6) is 0 Å². The second kappa shape index (κ2) is 8.23. The number of rotatable bonds is 5. The number of aryl methyl sites for hydroxylation is 1. The number of methoxy groups -OCH3 is 1. The van der Waals surface area contributed by atoms with E-state index in [1.807, 2.05) is 12.1 Å². The highest BCUT2D eigenvalue weighted by atomic mass is 16.5. The quantitative estimate of drug-likeness (QED) is 0.495. The van der Waals surface area contributed by atoms with Crippen LogP contribution in [0.3, 0.4) is 0 Å². The zero-order valence-electron chi connectivity index (χ0n) is 16.8. The van der Waals surface area contributed by atoms with Crippen LogP contribution in [0.1, 0.15) is 16.2 Å². The normalized spacial score (nSPS) is 10.8. The standard InChI is InChI=1S/C22H18N4O5/c1-13-23-21(31-25-13)16-11-20(28)26(18-10-6-4-7-14(16)18)12-19(27)24-17-9-5-3-8-15(17)22(29)30-2/h3-11H,12H2,1-2H3,(H,24,27). The van der Waals surface area contributed by atoms with Crippen molar-refractivity contribution >= 4 is 28.5 Å². The van der Waals surface area contributed by atoms with Crippen molar-refractivity contribution in [1.29, 1.82) is 0 Å². The minimum absolute atomic E-state index is 0.220. The largest absolute Gasteiger partial charge is 0.465 e. The highest BCUT2D eigenvalue weighted by Crippen LogP contribution is 2.26. The summed E-state index contributed by atoms with van der Waals surface area (Å²) in [5.41, 5.74) is 1.15. The van der Waals surface area contributed by atoms with Crippen molar-refractivity contribution in [2.24, 2.45) is 0 Å². The molecule has 2 aromatic carbocycles. The first-order chi connectivity index (χ1) is 15.0. The van der Waals surface area contributed by atoms with Gasteiger partial charge >= 0.3 is 5.97 Å². The Morgan fingerprint density at radius 3 is 2.61 bits per heavy atom. The van der Waals surface area contributed by atoms with Crippen LogP contribution in [0.4, 0.5) is 5.69 Å². The van der Waals surface area contributed by atoms with Gasteiger partial charge in [-0.1, -0.05) is 35.5 Å². The zero-order chi connectivity index (χ0) is 22.0. The molecule has 9 heteroatoms. The Bertz CT molecular complexity index is 1360. The van der Waals surface area contributed by atoms with Gasteiger partial charge in [0.15, 0.2) is 5.82 Å². The van der Waals surface area contributed by atoms with E-state index < -0.39 is 17.4 Å². The summed E-state index contributed by atoms with van der Waals surface area (Å²) in [5.74, 6) is -0.357. The van der Waals surface area contributed by atoms with Crippen molar-refractivity contribution < 1.29 is 18.8 Å². The molecule has 156 valence electrons. The molecule has 9 nitrogen and oxygen atoms in total. The number of amides is 1. The molecule has 0 bridgehead atoms. The maximum absolute atomic E-state index is 12.9. The molecule has 0 aliphatic heterocycles. The zero-order valence-corrected chi connectivity index (χ0v) is 16.8. The van der Waals surface area contributed by atoms with Gasteiger partial charge in [-0.15, -0.1) is 0 Å². The fourth-order valence-corrected chi connectivity index (χ4v) is 3.29. The van der Waals surface area contributed by atoms with E-state index >= 15 is 0 Å². The molecule has 0 atom stereocenters. The summed E-state index contributed by atoms with van der Waals surface area (Å²) in [6.07, 6.45) is 0. The summed E-state index contributed by atoms with van der Waals surface area (Å²) in [7, 11) is 1.26. The molecule has 0 saturated carbocycles. The van der Waals surface area contributed by atoms with E-state index in [1.54, 1.807) is 43.3 Å². The van der Waals surface area contributed by atoms with Gasteiger partial charge < -0.3 is 14.6 Å². The molecule has 0 aliphatic carbocycles. The van der Waals surface area contributed by atoms with E-state index in [9.17, 15) is 14.4 Å². The second-order valence-corrected chi connectivity index (χ2v) is 6.73. The van der Waals surface area contributed by atoms with Gasteiger partial charge in [0.05, 0.1) is 29.4 Å². The van der Waals surface area contributed by atoms with Crippen molar-refractivity contribution in [1.82, 2.24) is 14.7 Å². The molecule has 4 rings (SSSR count). The number of fused-ring (bicyclic) bond motifs is 1. The van der Waals surface area contributed by atoms with Crippen LogP contribution in [0.15, 0.2) is 63.9 Å². The number of pyridine rings is 1. The molecule has 2 heterocycles. The molecule has 1 N–H and O–H groups in total. The summed E-state index contributed by atoms with van der Waals surface area (Å²) in [4.78, 5) is 41.7. The molecule has 4 aromatic rings. The third-order valence-corrected chi connectivity index (χ3v) is 4.69. The fraction of sp³-hybridized carbons (Fsp3) is 0.136. The molecule has 0 aliphatic rings. The van der Waals surface area contributed by atoms with Gasteiger partial charge in [0.2, 0.25) is 5.91 Å². The topological polar surface area (TPSA) is 116 Å². The summed E-state index contributed by atoms with van der Waals surface area (Å²) in [6, 6.07) is 15.0. The van der Waals surface area contributed by atoms with Gasteiger partial charge in [-0.25, -0.2) is 4.79 Å². The van der Waals surface area contributed by atoms with Crippen LogP contribution in [0.2, 0.25) is 0 Å². The van der Waals surface area contributed by atoms with Crippen LogP contribution in [0, 0.1) is 6.92 Å². The molecule has 1 amide bonds. The van der Waals surface area contributed by atoms with Gasteiger partial charge in [0.25, 0.3) is 11.4 Å². The van der Waals surface area contributed by atoms with Crippen LogP contribution in [-0.2, 0) is 16.1 Å². The van der Waals surface area contributed by atoms with E-state index in [1.165, 1.54) is 17.7 Å². The molecule has 0 fully saturated rings. The molecule has 0 saturated heterocycles. The Balaban J connectivity index is 1.70. The minimum Gasteiger partial charge on any atom is -0.465 e. The lowest BCUT2D eigenvalue weighted by molar-refractivity contribution is -0.116. The monoisotopic (exact) mass is 418 g/mol. The van der Waals surface area contributed by atoms with Gasteiger partial charge in [0.1, 0.15) is 6.54 Å². The van der Waals surface area contributed by atoms with E-state index in [2.05, 4.69) is 15.5 Å². The summed E-state index contributed by atoms with van der Waals surface area (Å²) in [6.45, 7) is 1.44. The Kier molecular flexibility index (Phi) is 5.31. The number of hydrogen-bond donors (Lipinski definition) is 1. The van der Waals surface area contributed by atoms with E-state index in [4.69, 9.17) is 9.26 Å². The first kappa shape index (κ1) is 20.0. The predicted octanol–water partition coefficient (Wildman–Crippen LogP) is 2.79. The highest BCUT2D eigenvalue weighted by molar-refractivity contribution is 6.01. The Morgan fingerprint density at radius 2 is 1.87 bits per heavy atom. The number of nitrogens with zero attached hydrogens (tertiary/aromatic N) is 3. The van der Waals surface area contributed by atoms with Crippen LogP contribution in [0.25, 0.3) is 22.4 Å². The third-order valence-electron chi connectivity index (χ3n) is 4.69. The van der Waals surface area contributed by atoms with Crippen molar-refractivity contribution in [2.75, 3.05) is 12.4 Å². The van der Waals surface area contributed by atoms with Gasteiger partial charge in [-0.2, -0.15) is 4.98 Å². The van der Waals surface area contributed by atoms with Crippen molar-refractivity contribution in [3.63, 3.8) is 0 Å². The molecule has 2 aromatic heterocycles. The number of carbonyl (C=O) groups is 2. The average molecular weight is 418 g/mol. The van der Waals surface area contributed by atoms with Crippen LogP contribution >= 0.6 is 0 Å². The number of benzene rings is 2. The maximum Gasteiger partial charge on any atom is 0.339 e. The number of para-hydroxylation sites is 2. The van der Waals surface area contributed by atoms with Crippen LogP contribution < -0.4 is 10.9 Å². The Hall–Kier alpha value is -4.27. The first-order valence-corrected chi connectivity index (χ1v) is 9.38. The highest BCUT2D eigenvalue weighted by Gasteiger charge is 2.18. The third kappa shape index (κ3) is 3.93. The van der Waals surface area contributed by atoms with Gasteiger partial charge in [-0.05, 0) is 25.1 Å². The molecule has 0 radical (unpaired) electrons. The number of ether oxygens (including phenoxy) is 1. The number of esters is 1. The smallest absolute Gasteiger partial charge is 0.339 e. The Labute approximate surface area is 176 Å². The number of aromatic nitrogens is 3. The van der Waals surface area contributed by atoms with Crippen molar-refractivity contribution in [2.45, 2.75) is 13.5 Å². The molecular weight excluding hydrogens is 400 g/mol. The number of anilines is 1. The van der Waals surface area contributed by atoms with E-state index in [0.29, 0.717) is 28.0 Å². The lowest BCUT2D eigenvalue weighted by Crippen LogP contribution is -2.28. The minimum atomic E-state index is -0.572. The lowest BCUT2D eigenvalue weighted by atomic mass is 10.1. The molecular formula is C22H18N4O5. The number of carbonyl (C=O) groups excluding carboxylic acids is 2. The number of hydrogen-bond acceptors (Lipinski definition) is 7. The number of nitrogens with one attached hydrogen (secondary N) is 1. The lowest BCUT2D eigenvalue weighted by Gasteiger charge is -2.13. The molecule has 31 heavy (non-hydrogen) atoms. The molecule has 0 unspecified atom stereocenters. The molecule has 0 spiro atoms. The second-order valence-electron chi connectivity index (χ2n) is 6.73. The van der Waals surface area contributed by atoms with Crippen molar-refractivity contribution in [3.05, 3.63) is 76.3 Å². The average Bonchev–Trinajstić information content (AvgIpc) is 3.21. The summed E-state index contributed by atoms with van der Waals surface area (Å²) < 4.78 is 11.3. The van der Waals surface area contributed by atoms with Gasteiger partial charge in [-0.3, -0.25) is 14.2 Å². The maximum atomic E-state index is 12.9.